The van der Waals surface area contributed by atoms with E-state index in [1.165, 1.54) is 11.3 Å². The summed E-state index contributed by atoms with van der Waals surface area (Å²) in [6, 6.07) is 5.93. The standard InChI is InChI=1S/C18H19NO4S/c1-3-22-18(21)11(2)17-19-16(20)15(24-17)10-12-6-7-14-13(9-12)5-4-8-23-14/h6-7,9-10H,3-5,8H2,1-2H3,(H,19,20)/b15-10-,17-11+. The second-order valence-electron chi connectivity index (χ2n) is 5.56. The highest BCUT2D eigenvalue weighted by Gasteiger charge is 2.11. The third kappa shape index (κ3) is 3.43. The monoisotopic (exact) mass is 345 g/mol. The lowest BCUT2D eigenvalue weighted by Gasteiger charge is -2.17. The van der Waals surface area contributed by atoms with Gasteiger partial charge in [0.1, 0.15) is 10.4 Å². The molecule has 0 amide bonds. The molecule has 1 aliphatic rings. The summed E-state index contributed by atoms with van der Waals surface area (Å²) < 4.78 is 11.7. The minimum Gasteiger partial charge on any atom is -0.493 e. The minimum absolute atomic E-state index is 0.201. The predicted octanol–water partition coefficient (Wildman–Crippen LogP) is 1.32. The molecule has 0 radical (unpaired) electrons. The second kappa shape index (κ2) is 7.05. The molecule has 0 saturated heterocycles. The highest BCUT2D eigenvalue weighted by atomic mass is 32.1. The van der Waals surface area contributed by atoms with Gasteiger partial charge < -0.3 is 14.5 Å². The van der Waals surface area contributed by atoms with Crippen molar-refractivity contribution in [3.05, 3.63) is 48.9 Å². The van der Waals surface area contributed by atoms with Crippen LogP contribution >= 0.6 is 11.3 Å². The molecule has 0 fully saturated rings. The van der Waals surface area contributed by atoms with E-state index in [1.54, 1.807) is 13.8 Å². The summed E-state index contributed by atoms with van der Waals surface area (Å²) in [5.74, 6) is 0.512. The molecule has 0 aliphatic carbocycles. The summed E-state index contributed by atoms with van der Waals surface area (Å²) in [6.45, 7) is 4.47. The predicted molar refractivity (Wildman–Crippen MR) is 93.7 cm³/mol. The second-order valence-corrected chi connectivity index (χ2v) is 6.61. The molecule has 0 bridgehead atoms. The molecule has 2 heterocycles. The van der Waals surface area contributed by atoms with E-state index < -0.39 is 5.97 Å². The number of hydrogen-bond donors (Lipinski definition) is 1. The van der Waals surface area contributed by atoms with Crippen LogP contribution in [0.1, 0.15) is 31.4 Å². The zero-order chi connectivity index (χ0) is 17.1. The molecule has 1 aromatic heterocycles. The lowest BCUT2D eigenvalue weighted by molar-refractivity contribution is -0.136. The molecular weight excluding hydrogens is 326 g/mol. The summed E-state index contributed by atoms with van der Waals surface area (Å²) in [4.78, 5) is 26.7. The molecule has 0 saturated carbocycles. The third-order valence-electron chi connectivity index (χ3n) is 3.82. The molecule has 1 aromatic carbocycles. The molecule has 3 rings (SSSR count). The topological polar surface area (TPSA) is 68.4 Å². The maximum absolute atomic E-state index is 12.2. The van der Waals surface area contributed by atoms with Crippen LogP contribution in [0.5, 0.6) is 5.75 Å². The molecular formula is C18H19NO4S. The number of aryl methyl sites for hydroxylation is 1. The number of aromatic amines is 1. The van der Waals surface area contributed by atoms with Crippen LogP contribution in [0, 0.1) is 0 Å². The molecule has 2 aromatic rings. The summed E-state index contributed by atoms with van der Waals surface area (Å²) >= 11 is 1.26. The molecule has 24 heavy (non-hydrogen) atoms. The molecule has 126 valence electrons. The van der Waals surface area contributed by atoms with Crippen molar-refractivity contribution in [2.24, 2.45) is 0 Å². The number of fused-ring (bicyclic) bond motifs is 1. The SMILES string of the molecule is CCOC(=O)/C(C)=c1\[nH]c(=O)/c(=C/c2ccc3c(c2)CCCO3)s1. The van der Waals surface area contributed by atoms with Crippen LogP contribution in [-0.4, -0.2) is 24.2 Å². The van der Waals surface area contributed by atoms with Crippen molar-refractivity contribution < 1.29 is 14.3 Å². The Morgan fingerprint density at radius 2 is 2.29 bits per heavy atom. The van der Waals surface area contributed by atoms with E-state index in [0.29, 0.717) is 21.4 Å². The van der Waals surface area contributed by atoms with Gasteiger partial charge in [0.15, 0.2) is 0 Å². The smallest absolute Gasteiger partial charge is 0.336 e. The minimum atomic E-state index is -0.410. The lowest BCUT2D eigenvalue weighted by atomic mass is 10.0. The number of thiazole rings is 1. The highest BCUT2D eigenvalue weighted by molar-refractivity contribution is 7.07. The van der Waals surface area contributed by atoms with Gasteiger partial charge in [0.05, 0.1) is 23.3 Å². The fourth-order valence-corrected chi connectivity index (χ4v) is 3.50. The fourth-order valence-electron chi connectivity index (χ4n) is 2.57. The van der Waals surface area contributed by atoms with Gasteiger partial charge in [-0.2, -0.15) is 0 Å². The van der Waals surface area contributed by atoms with Gasteiger partial charge in [-0.15, -0.1) is 11.3 Å². The van der Waals surface area contributed by atoms with Gasteiger partial charge in [0.2, 0.25) is 0 Å². The summed E-state index contributed by atoms with van der Waals surface area (Å²) in [7, 11) is 0. The van der Waals surface area contributed by atoms with Crippen LogP contribution in [0.3, 0.4) is 0 Å². The van der Waals surface area contributed by atoms with Crippen molar-refractivity contribution in [1.29, 1.82) is 0 Å². The van der Waals surface area contributed by atoms with Crippen LogP contribution in [0.2, 0.25) is 0 Å². The average molecular weight is 345 g/mol. The normalized spacial score (nSPS) is 15.5. The van der Waals surface area contributed by atoms with Gasteiger partial charge in [0.25, 0.3) is 5.56 Å². The third-order valence-corrected chi connectivity index (χ3v) is 4.95. The Labute approximate surface area is 143 Å². The Kier molecular flexibility index (Phi) is 4.85. The number of aromatic nitrogens is 1. The van der Waals surface area contributed by atoms with Crippen LogP contribution in [-0.2, 0) is 16.0 Å². The Bertz CT molecular complexity index is 939. The number of rotatable bonds is 3. The van der Waals surface area contributed by atoms with Gasteiger partial charge in [-0.1, -0.05) is 6.07 Å². The highest BCUT2D eigenvalue weighted by Crippen LogP contribution is 2.25. The molecule has 5 nitrogen and oxygen atoms in total. The maximum atomic E-state index is 12.2. The first kappa shape index (κ1) is 16.5. The van der Waals surface area contributed by atoms with Crippen LogP contribution in [0.25, 0.3) is 11.6 Å². The fraction of sp³-hybridized carbons (Fsp3) is 0.333. The number of hydrogen-bond acceptors (Lipinski definition) is 5. The van der Waals surface area contributed by atoms with E-state index in [4.69, 9.17) is 9.47 Å². The molecule has 0 unspecified atom stereocenters. The van der Waals surface area contributed by atoms with Crippen molar-refractivity contribution >= 4 is 29.0 Å². The summed E-state index contributed by atoms with van der Waals surface area (Å²) in [5.41, 5.74) is 2.33. The van der Waals surface area contributed by atoms with E-state index in [9.17, 15) is 9.59 Å². The Hall–Kier alpha value is -2.34. The van der Waals surface area contributed by atoms with Crippen molar-refractivity contribution in [3.63, 3.8) is 0 Å². The number of carbonyl (C=O) groups excluding carboxylic acids is 1. The molecule has 1 N–H and O–H groups in total. The average Bonchev–Trinajstić information content (AvgIpc) is 2.95. The number of ether oxygens (including phenoxy) is 2. The number of benzene rings is 1. The summed E-state index contributed by atoms with van der Waals surface area (Å²) in [6.07, 6.45) is 3.83. The van der Waals surface area contributed by atoms with E-state index in [0.717, 1.165) is 36.3 Å². The first-order valence-electron chi connectivity index (χ1n) is 7.93. The van der Waals surface area contributed by atoms with E-state index in [-0.39, 0.29) is 5.56 Å². The molecule has 1 aliphatic heterocycles. The lowest BCUT2D eigenvalue weighted by Crippen LogP contribution is -2.21. The Morgan fingerprint density at radius 1 is 1.46 bits per heavy atom. The number of nitrogens with one attached hydrogen (secondary N) is 1. The first-order valence-corrected chi connectivity index (χ1v) is 8.74. The van der Waals surface area contributed by atoms with Gasteiger partial charge in [-0.25, -0.2) is 4.79 Å². The zero-order valence-electron chi connectivity index (χ0n) is 13.7. The van der Waals surface area contributed by atoms with Crippen molar-refractivity contribution in [3.8, 4) is 5.75 Å². The van der Waals surface area contributed by atoms with Crippen molar-refractivity contribution in [1.82, 2.24) is 4.98 Å². The van der Waals surface area contributed by atoms with Crippen LogP contribution < -0.4 is 19.5 Å². The van der Waals surface area contributed by atoms with Crippen molar-refractivity contribution in [2.75, 3.05) is 13.2 Å². The van der Waals surface area contributed by atoms with E-state index in [2.05, 4.69) is 11.1 Å². The van der Waals surface area contributed by atoms with Gasteiger partial charge in [-0.05, 0) is 56.0 Å². The maximum Gasteiger partial charge on any atom is 0.336 e. The van der Waals surface area contributed by atoms with E-state index in [1.807, 2.05) is 18.2 Å². The number of esters is 1. The Balaban J connectivity index is 2.01. The zero-order valence-corrected chi connectivity index (χ0v) is 14.5. The Morgan fingerprint density at radius 3 is 3.08 bits per heavy atom. The molecule has 0 atom stereocenters. The number of H-pyrrole nitrogens is 1. The first-order chi connectivity index (χ1) is 11.6. The van der Waals surface area contributed by atoms with Crippen molar-refractivity contribution in [2.45, 2.75) is 26.7 Å². The van der Waals surface area contributed by atoms with Crippen LogP contribution in [0.15, 0.2) is 23.0 Å². The quantitative estimate of drug-likeness (QED) is 0.852. The van der Waals surface area contributed by atoms with Crippen LogP contribution in [0.4, 0.5) is 0 Å². The van der Waals surface area contributed by atoms with Gasteiger partial charge in [-0.3, -0.25) is 4.79 Å². The molecule has 0 spiro atoms. The van der Waals surface area contributed by atoms with E-state index >= 15 is 0 Å². The van der Waals surface area contributed by atoms with Gasteiger partial charge >= 0.3 is 5.97 Å². The largest absolute Gasteiger partial charge is 0.493 e. The summed E-state index contributed by atoms with van der Waals surface area (Å²) in [5, 5.41) is 0. The van der Waals surface area contributed by atoms with Gasteiger partial charge in [0, 0.05) is 0 Å². The molecule has 6 heteroatoms. The number of carbonyl (C=O) groups is 1.